The Labute approximate surface area is 117 Å². The predicted molar refractivity (Wildman–Crippen MR) is 72.1 cm³/mol. The zero-order valence-electron chi connectivity index (χ0n) is 11.9. The number of hydrogen-bond donors (Lipinski definition) is 1. The molecule has 1 fully saturated rings. The van der Waals surface area contributed by atoms with Gasteiger partial charge in [-0.15, -0.1) is 0 Å². The second kappa shape index (κ2) is 5.62. The largest absolute Gasteiger partial charge is 0.480 e. The summed E-state index contributed by atoms with van der Waals surface area (Å²) in [6, 6.07) is 0. The van der Waals surface area contributed by atoms with E-state index in [-0.39, 0.29) is 6.61 Å². The monoisotopic (exact) mass is 281 g/mol. The Kier molecular flexibility index (Phi) is 4.08. The summed E-state index contributed by atoms with van der Waals surface area (Å²) in [4.78, 5) is 20.9. The van der Waals surface area contributed by atoms with Gasteiger partial charge in [0.15, 0.2) is 0 Å². The molecule has 110 valence electrons. The van der Waals surface area contributed by atoms with Gasteiger partial charge < -0.3 is 19.5 Å². The van der Waals surface area contributed by atoms with Gasteiger partial charge in [0.2, 0.25) is 5.88 Å². The summed E-state index contributed by atoms with van der Waals surface area (Å²) < 4.78 is 10.8. The van der Waals surface area contributed by atoms with Crippen LogP contribution in [0.3, 0.4) is 0 Å². The minimum atomic E-state index is -0.957. The lowest BCUT2D eigenvalue weighted by atomic mass is 9.96. The Balaban J connectivity index is 2.02. The van der Waals surface area contributed by atoms with Crippen LogP contribution in [0.15, 0.2) is 6.33 Å². The van der Waals surface area contributed by atoms with Crippen LogP contribution in [0.4, 0.5) is 5.82 Å². The molecule has 0 bridgehead atoms. The molecule has 1 aliphatic heterocycles. The van der Waals surface area contributed by atoms with E-state index in [2.05, 4.69) is 9.97 Å². The van der Waals surface area contributed by atoms with Gasteiger partial charge >= 0.3 is 5.97 Å². The number of aromatic nitrogens is 2. The maximum atomic E-state index is 10.5. The molecule has 1 saturated heterocycles. The van der Waals surface area contributed by atoms with Gasteiger partial charge in [-0.3, -0.25) is 0 Å². The molecule has 0 aromatic carbocycles. The van der Waals surface area contributed by atoms with E-state index in [0.29, 0.717) is 25.6 Å². The molecule has 0 aliphatic carbocycles. The first-order valence-electron chi connectivity index (χ1n) is 6.50. The van der Waals surface area contributed by atoms with Crippen molar-refractivity contribution in [2.45, 2.75) is 26.4 Å². The maximum absolute atomic E-state index is 10.5. The van der Waals surface area contributed by atoms with Crippen molar-refractivity contribution in [1.82, 2.24) is 9.97 Å². The Morgan fingerprint density at radius 2 is 2.20 bits per heavy atom. The predicted octanol–water partition coefficient (Wildman–Crippen LogP) is 0.864. The minimum absolute atomic E-state index is 0.280. The van der Waals surface area contributed by atoms with Crippen LogP contribution in [0.5, 0.6) is 5.88 Å². The highest BCUT2D eigenvalue weighted by atomic mass is 16.5. The standard InChI is InChI=1S/C13H19N3O4/c1-4-19-12-9(2)11(14-8-15-12)16-6-13(3,7-16)20-5-10(17)18/h8H,4-7H2,1-3H3,(H,17,18). The smallest absolute Gasteiger partial charge is 0.329 e. The van der Waals surface area contributed by atoms with Crippen molar-refractivity contribution >= 4 is 11.8 Å². The van der Waals surface area contributed by atoms with Crippen LogP contribution >= 0.6 is 0 Å². The van der Waals surface area contributed by atoms with E-state index < -0.39 is 11.6 Å². The second-order valence-corrected chi connectivity index (χ2v) is 5.05. The quantitative estimate of drug-likeness (QED) is 0.827. The van der Waals surface area contributed by atoms with E-state index in [1.807, 2.05) is 25.7 Å². The molecule has 0 atom stereocenters. The third kappa shape index (κ3) is 2.98. The molecular weight excluding hydrogens is 262 g/mol. The summed E-state index contributed by atoms with van der Waals surface area (Å²) >= 11 is 0. The molecule has 1 aromatic heterocycles. The number of carbonyl (C=O) groups is 1. The lowest BCUT2D eigenvalue weighted by Crippen LogP contribution is -2.62. The van der Waals surface area contributed by atoms with Gasteiger partial charge in [-0.25, -0.2) is 14.8 Å². The van der Waals surface area contributed by atoms with Gasteiger partial charge in [-0.05, 0) is 20.8 Å². The molecule has 0 radical (unpaired) electrons. The Hall–Kier alpha value is -1.89. The van der Waals surface area contributed by atoms with Crippen molar-refractivity contribution in [2.24, 2.45) is 0 Å². The molecular formula is C13H19N3O4. The van der Waals surface area contributed by atoms with Gasteiger partial charge in [0, 0.05) is 0 Å². The molecule has 1 aliphatic rings. The van der Waals surface area contributed by atoms with E-state index in [4.69, 9.17) is 14.6 Å². The number of ether oxygens (including phenoxy) is 2. The zero-order valence-corrected chi connectivity index (χ0v) is 11.9. The number of hydrogen-bond acceptors (Lipinski definition) is 6. The van der Waals surface area contributed by atoms with E-state index in [0.717, 1.165) is 11.4 Å². The van der Waals surface area contributed by atoms with E-state index in [9.17, 15) is 4.79 Å². The van der Waals surface area contributed by atoms with E-state index >= 15 is 0 Å². The van der Waals surface area contributed by atoms with Gasteiger partial charge in [0.1, 0.15) is 24.4 Å². The Morgan fingerprint density at radius 1 is 1.50 bits per heavy atom. The van der Waals surface area contributed by atoms with Gasteiger partial charge in [-0.2, -0.15) is 0 Å². The molecule has 1 N–H and O–H groups in total. The SMILES string of the molecule is CCOc1ncnc(N2CC(C)(OCC(=O)O)C2)c1C. The fourth-order valence-electron chi connectivity index (χ4n) is 2.26. The van der Waals surface area contributed by atoms with Crippen molar-refractivity contribution in [1.29, 1.82) is 0 Å². The first kappa shape index (κ1) is 14.5. The molecule has 0 unspecified atom stereocenters. The molecule has 2 heterocycles. The minimum Gasteiger partial charge on any atom is -0.480 e. The summed E-state index contributed by atoms with van der Waals surface area (Å²) in [7, 11) is 0. The Morgan fingerprint density at radius 3 is 2.80 bits per heavy atom. The fourth-order valence-corrected chi connectivity index (χ4v) is 2.26. The van der Waals surface area contributed by atoms with Crippen LogP contribution < -0.4 is 9.64 Å². The fraction of sp³-hybridized carbons (Fsp3) is 0.615. The lowest BCUT2D eigenvalue weighted by molar-refractivity contribution is -0.150. The van der Waals surface area contributed by atoms with Crippen LogP contribution in [0.25, 0.3) is 0 Å². The normalized spacial score (nSPS) is 16.6. The number of carboxylic acid groups (broad SMARTS) is 1. The van der Waals surface area contributed by atoms with Gasteiger partial charge in [0.25, 0.3) is 0 Å². The lowest BCUT2D eigenvalue weighted by Gasteiger charge is -2.48. The van der Waals surface area contributed by atoms with Gasteiger partial charge in [-0.1, -0.05) is 0 Å². The van der Waals surface area contributed by atoms with Gasteiger partial charge in [0.05, 0.1) is 25.3 Å². The highest BCUT2D eigenvalue weighted by Gasteiger charge is 2.41. The van der Waals surface area contributed by atoms with Crippen molar-refractivity contribution < 1.29 is 19.4 Å². The van der Waals surface area contributed by atoms with Crippen LogP contribution in [0, 0.1) is 6.92 Å². The summed E-state index contributed by atoms with van der Waals surface area (Å²) in [5.74, 6) is 0.430. The first-order chi connectivity index (χ1) is 9.45. The molecule has 0 amide bonds. The number of anilines is 1. The number of nitrogens with zero attached hydrogens (tertiary/aromatic N) is 3. The molecule has 7 heteroatoms. The first-order valence-corrected chi connectivity index (χ1v) is 6.50. The molecule has 0 spiro atoms. The average Bonchev–Trinajstić information content (AvgIpc) is 2.36. The molecule has 2 rings (SSSR count). The van der Waals surface area contributed by atoms with Crippen molar-refractivity contribution in [3.8, 4) is 5.88 Å². The maximum Gasteiger partial charge on any atom is 0.329 e. The third-order valence-corrected chi connectivity index (χ3v) is 3.19. The van der Waals surface area contributed by atoms with Crippen molar-refractivity contribution in [3.05, 3.63) is 11.9 Å². The van der Waals surface area contributed by atoms with Crippen molar-refractivity contribution in [3.63, 3.8) is 0 Å². The summed E-state index contributed by atoms with van der Waals surface area (Å²) in [6.07, 6.45) is 1.47. The topological polar surface area (TPSA) is 84.8 Å². The van der Waals surface area contributed by atoms with Crippen LogP contribution in [-0.2, 0) is 9.53 Å². The molecule has 1 aromatic rings. The van der Waals surface area contributed by atoms with Crippen LogP contribution in [0.1, 0.15) is 19.4 Å². The summed E-state index contributed by atoms with van der Waals surface area (Å²) in [6.45, 7) is 7.18. The summed E-state index contributed by atoms with van der Waals surface area (Å²) in [5, 5.41) is 8.64. The molecule has 7 nitrogen and oxygen atoms in total. The number of carboxylic acids is 1. The molecule has 20 heavy (non-hydrogen) atoms. The van der Waals surface area contributed by atoms with Crippen LogP contribution in [0.2, 0.25) is 0 Å². The number of aliphatic carboxylic acids is 1. The highest BCUT2D eigenvalue weighted by molar-refractivity contribution is 5.68. The second-order valence-electron chi connectivity index (χ2n) is 5.05. The van der Waals surface area contributed by atoms with E-state index in [1.54, 1.807) is 0 Å². The number of rotatable bonds is 6. The Bertz CT molecular complexity index is 500. The zero-order chi connectivity index (χ0) is 14.8. The highest BCUT2D eigenvalue weighted by Crippen LogP contribution is 2.33. The van der Waals surface area contributed by atoms with Crippen molar-refractivity contribution in [2.75, 3.05) is 31.2 Å². The average molecular weight is 281 g/mol. The third-order valence-electron chi connectivity index (χ3n) is 3.19. The molecule has 0 saturated carbocycles. The van der Waals surface area contributed by atoms with Crippen LogP contribution in [-0.4, -0.2) is 52.9 Å². The summed E-state index contributed by atoms with van der Waals surface area (Å²) in [5.41, 5.74) is 0.441. The van der Waals surface area contributed by atoms with E-state index in [1.165, 1.54) is 6.33 Å².